The van der Waals surface area contributed by atoms with Gasteiger partial charge in [-0.15, -0.1) is 0 Å². The standard InChI is InChI=1S/C25H29N3O4/c29-23(28-32)9-5-2-6-16-26-24(30)20-12-10-18(11-13-20)17-22(19-7-3-1-4-8-19)25(31)27-21-14-15-21/h1,3-4,7-8,10-13,17,21,32H,2,5-6,9,14-16H2,(H,26,30)(H,27,31)(H,28,29). The second kappa shape index (κ2) is 11.8. The minimum atomic E-state index is -0.399. The van der Waals surface area contributed by atoms with Gasteiger partial charge in [0.1, 0.15) is 0 Å². The number of carbonyl (C=O) groups is 3. The van der Waals surface area contributed by atoms with Crippen LogP contribution in [-0.2, 0) is 9.59 Å². The molecular formula is C25H29N3O4. The average molecular weight is 436 g/mol. The molecule has 1 saturated carbocycles. The maximum Gasteiger partial charge on any atom is 0.252 e. The zero-order chi connectivity index (χ0) is 22.8. The van der Waals surface area contributed by atoms with E-state index in [0.717, 1.165) is 36.8 Å². The summed E-state index contributed by atoms with van der Waals surface area (Å²) in [5, 5.41) is 14.4. The monoisotopic (exact) mass is 435 g/mol. The third kappa shape index (κ3) is 7.35. The van der Waals surface area contributed by atoms with Crippen molar-refractivity contribution in [2.75, 3.05) is 6.54 Å². The predicted octanol–water partition coefficient (Wildman–Crippen LogP) is 3.30. The highest BCUT2D eigenvalue weighted by Gasteiger charge is 2.25. The summed E-state index contributed by atoms with van der Waals surface area (Å²) in [6, 6.07) is 17.0. The molecule has 0 saturated heterocycles. The van der Waals surface area contributed by atoms with Crippen molar-refractivity contribution in [1.82, 2.24) is 16.1 Å². The first kappa shape index (κ1) is 23.2. The normalized spacial score (nSPS) is 13.3. The van der Waals surface area contributed by atoms with Gasteiger partial charge in [0.25, 0.3) is 11.8 Å². The molecule has 0 aromatic heterocycles. The fourth-order valence-electron chi connectivity index (χ4n) is 3.23. The summed E-state index contributed by atoms with van der Waals surface area (Å²) in [5.74, 6) is -0.649. The molecule has 2 aromatic rings. The molecular weight excluding hydrogens is 406 g/mol. The number of benzene rings is 2. The molecule has 0 atom stereocenters. The number of hydroxylamine groups is 1. The summed E-state index contributed by atoms with van der Waals surface area (Å²) >= 11 is 0. The zero-order valence-corrected chi connectivity index (χ0v) is 18.0. The fraction of sp³-hybridized carbons (Fsp3) is 0.320. The zero-order valence-electron chi connectivity index (χ0n) is 18.0. The van der Waals surface area contributed by atoms with E-state index in [1.165, 1.54) is 0 Å². The number of unbranched alkanes of at least 4 members (excludes halogenated alkanes) is 2. The van der Waals surface area contributed by atoms with Crippen LogP contribution < -0.4 is 16.1 Å². The summed E-state index contributed by atoms with van der Waals surface area (Å²) in [6.07, 6.45) is 6.34. The molecule has 32 heavy (non-hydrogen) atoms. The van der Waals surface area contributed by atoms with Crippen molar-refractivity contribution in [3.63, 3.8) is 0 Å². The number of hydrogen-bond donors (Lipinski definition) is 4. The molecule has 0 radical (unpaired) electrons. The van der Waals surface area contributed by atoms with Crippen LogP contribution in [0.3, 0.4) is 0 Å². The van der Waals surface area contributed by atoms with Gasteiger partial charge in [0.2, 0.25) is 5.91 Å². The quantitative estimate of drug-likeness (QED) is 0.143. The topological polar surface area (TPSA) is 108 Å². The molecule has 0 bridgehead atoms. The van der Waals surface area contributed by atoms with Crippen molar-refractivity contribution in [2.24, 2.45) is 0 Å². The Labute approximate surface area is 187 Å². The van der Waals surface area contributed by atoms with Crippen molar-refractivity contribution in [3.8, 4) is 0 Å². The highest BCUT2D eigenvalue weighted by atomic mass is 16.5. The molecule has 0 aliphatic heterocycles. The summed E-state index contributed by atoms with van der Waals surface area (Å²) < 4.78 is 0. The van der Waals surface area contributed by atoms with Crippen LogP contribution in [-0.4, -0.2) is 35.5 Å². The van der Waals surface area contributed by atoms with Crippen LogP contribution >= 0.6 is 0 Å². The Kier molecular flexibility index (Phi) is 8.57. The third-order valence-corrected chi connectivity index (χ3v) is 5.22. The number of amides is 3. The first-order chi connectivity index (χ1) is 15.6. The van der Waals surface area contributed by atoms with Crippen LogP contribution in [0.2, 0.25) is 0 Å². The van der Waals surface area contributed by atoms with E-state index in [0.29, 0.717) is 24.1 Å². The van der Waals surface area contributed by atoms with E-state index >= 15 is 0 Å². The van der Waals surface area contributed by atoms with Gasteiger partial charge in [-0.1, -0.05) is 48.9 Å². The van der Waals surface area contributed by atoms with E-state index in [9.17, 15) is 14.4 Å². The molecule has 1 aliphatic carbocycles. The molecule has 3 amide bonds. The van der Waals surface area contributed by atoms with Gasteiger partial charge in [0, 0.05) is 30.1 Å². The van der Waals surface area contributed by atoms with Crippen molar-refractivity contribution < 1.29 is 19.6 Å². The van der Waals surface area contributed by atoms with E-state index in [4.69, 9.17) is 5.21 Å². The number of rotatable bonds is 11. The first-order valence-corrected chi connectivity index (χ1v) is 11.0. The molecule has 1 fully saturated rings. The highest BCUT2D eigenvalue weighted by Crippen LogP contribution is 2.23. The lowest BCUT2D eigenvalue weighted by atomic mass is 10.0. The Morgan fingerprint density at radius 2 is 1.62 bits per heavy atom. The molecule has 4 N–H and O–H groups in total. The van der Waals surface area contributed by atoms with Crippen molar-refractivity contribution in [1.29, 1.82) is 0 Å². The lowest BCUT2D eigenvalue weighted by Gasteiger charge is -2.09. The molecule has 168 valence electrons. The summed E-state index contributed by atoms with van der Waals surface area (Å²) in [6.45, 7) is 0.515. The highest BCUT2D eigenvalue weighted by molar-refractivity contribution is 6.24. The number of carbonyl (C=O) groups excluding carboxylic acids is 3. The molecule has 0 unspecified atom stereocenters. The Morgan fingerprint density at radius 1 is 0.906 bits per heavy atom. The Balaban J connectivity index is 1.56. The Morgan fingerprint density at radius 3 is 2.28 bits per heavy atom. The van der Waals surface area contributed by atoms with E-state index in [1.54, 1.807) is 17.6 Å². The molecule has 0 spiro atoms. The van der Waals surface area contributed by atoms with Gasteiger partial charge in [-0.2, -0.15) is 0 Å². The largest absolute Gasteiger partial charge is 0.352 e. The minimum Gasteiger partial charge on any atom is -0.352 e. The summed E-state index contributed by atoms with van der Waals surface area (Å²) in [7, 11) is 0. The summed E-state index contributed by atoms with van der Waals surface area (Å²) in [4.78, 5) is 36.0. The van der Waals surface area contributed by atoms with E-state index in [1.807, 2.05) is 48.5 Å². The van der Waals surface area contributed by atoms with Crippen LogP contribution in [0.15, 0.2) is 54.6 Å². The van der Waals surface area contributed by atoms with Gasteiger partial charge in [-0.05, 0) is 55.0 Å². The molecule has 3 rings (SSSR count). The maximum atomic E-state index is 12.7. The predicted molar refractivity (Wildman–Crippen MR) is 123 cm³/mol. The SMILES string of the molecule is O=C(CCCCCNC(=O)c1ccc(C=C(C(=O)NC2CC2)c2ccccc2)cc1)NO. The van der Waals surface area contributed by atoms with Crippen molar-refractivity contribution in [2.45, 2.75) is 44.6 Å². The lowest BCUT2D eigenvalue weighted by Crippen LogP contribution is -2.26. The van der Waals surface area contributed by atoms with Crippen LogP contribution in [0, 0.1) is 0 Å². The second-order valence-electron chi connectivity index (χ2n) is 7.90. The van der Waals surface area contributed by atoms with Crippen LogP contribution in [0.4, 0.5) is 0 Å². The first-order valence-electron chi connectivity index (χ1n) is 11.0. The smallest absolute Gasteiger partial charge is 0.252 e. The molecule has 1 aliphatic rings. The molecule has 2 aromatic carbocycles. The number of nitrogens with one attached hydrogen (secondary N) is 3. The van der Waals surface area contributed by atoms with E-state index in [2.05, 4.69) is 10.6 Å². The third-order valence-electron chi connectivity index (χ3n) is 5.22. The van der Waals surface area contributed by atoms with E-state index in [-0.39, 0.29) is 24.3 Å². The summed E-state index contributed by atoms with van der Waals surface area (Å²) in [5.41, 5.74) is 4.44. The van der Waals surface area contributed by atoms with Crippen LogP contribution in [0.1, 0.15) is 60.0 Å². The van der Waals surface area contributed by atoms with Gasteiger partial charge >= 0.3 is 0 Å². The Hall–Kier alpha value is -3.45. The van der Waals surface area contributed by atoms with Crippen LogP contribution in [0.5, 0.6) is 0 Å². The number of hydrogen-bond acceptors (Lipinski definition) is 4. The van der Waals surface area contributed by atoms with Crippen LogP contribution in [0.25, 0.3) is 11.6 Å². The van der Waals surface area contributed by atoms with E-state index < -0.39 is 5.91 Å². The van der Waals surface area contributed by atoms with Crippen molar-refractivity contribution in [3.05, 3.63) is 71.3 Å². The van der Waals surface area contributed by atoms with Gasteiger partial charge in [0.05, 0.1) is 0 Å². The van der Waals surface area contributed by atoms with Crippen molar-refractivity contribution >= 4 is 29.4 Å². The van der Waals surface area contributed by atoms with Gasteiger partial charge in [-0.25, -0.2) is 5.48 Å². The average Bonchev–Trinajstić information content (AvgIpc) is 3.64. The molecule has 0 heterocycles. The van der Waals surface area contributed by atoms with Gasteiger partial charge in [0.15, 0.2) is 0 Å². The Bertz CT molecular complexity index is 951. The minimum absolute atomic E-state index is 0.0861. The second-order valence-corrected chi connectivity index (χ2v) is 7.90. The molecule has 7 heteroatoms. The lowest BCUT2D eigenvalue weighted by molar-refractivity contribution is -0.129. The van der Waals surface area contributed by atoms with Gasteiger partial charge < -0.3 is 10.6 Å². The fourth-order valence-corrected chi connectivity index (χ4v) is 3.23. The van der Waals surface area contributed by atoms with Gasteiger partial charge in [-0.3, -0.25) is 19.6 Å². The maximum absolute atomic E-state index is 12.7. The molecule has 7 nitrogen and oxygen atoms in total.